The molecule has 0 amide bonds. The Morgan fingerprint density at radius 1 is 0.950 bits per heavy atom. The molecule has 0 heterocycles. The molecule has 3 nitrogen and oxygen atoms in total. The van der Waals surface area contributed by atoms with Crippen LogP contribution in [0.15, 0.2) is 0 Å². The Morgan fingerprint density at radius 2 is 1.55 bits per heavy atom. The zero-order valence-corrected chi connectivity index (χ0v) is 13.1. The summed E-state index contributed by atoms with van der Waals surface area (Å²) >= 11 is 0. The minimum atomic E-state index is -0.128. The molecule has 20 heavy (non-hydrogen) atoms. The molecule has 0 aromatic heterocycles. The molecule has 0 aromatic rings. The van der Waals surface area contributed by atoms with E-state index in [1.807, 2.05) is 7.11 Å². The summed E-state index contributed by atoms with van der Waals surface area (Å²) < 4.78 is 5.50. The average Bonchev–Trinajstić information content (AvgIpc) is 3.36. The van der Waals surface area contributed by atoms with Crippen LogP contribution in [0.25, 0.3) is 0 Å². The first-order valence-electron chi connectivity index (χ1n) is 8.48. The minimum Gasteiger partial charge on any atom is -0.396 e. The first-order valence-corrected chi connectivity index (χ1v) is 8.48. The van der Waals surface area contributed by atoms with E-state index in [0.717, 1.165) is 44.9 Å². The van der Waals surface area contributed by atoms with Gasteiger partial charge in [-0.1, -0.05) is 25.7 Å². The van der Waals surface area contributed by atoms with Crippen molar-refractivity contribution < 1.29 is 14.9 Å². The number of aliphatic hydroxyl groups is 2. The maximum absolute atomic E-state index is 9.97. The molecule has 0 aliphatic heterocycles. The molecule has 0 spiro atoms. The van der Waals surface area contributed by atoms with Crippen LogP contribution in [0.3, 0.4) is 0 Å². The van der Waals surface area contributed by atoms with Crippen molar-refractivity contribution >= 4 is 0 Å². The van der Waals surface area contributed by atoms with Crippen LogP contribution in [0.2, 0.25) is 0 Å². The summed E-state index contributed by atoms with van der Waals surface area (Å²) in [6.07, 6.45) is 13.4. The molecule has 0 saturated heterocycles. The fraction of sp³-hybridized carbons (Fsp3) is 1.00. The summed E-state index contributed by atoms with van der Waals surface area (Å²) in [4.78, 5) is 0. The van der Waals surface area contributed by atoms with Gasteiger partial charge in [-0.2, -0.15) is 0 Å². The van der Waals surface area contributed by atoms with E-state index < -0.39 is 0 Å². The highest BCUT2D eigenvalue weighted by Crippen LogP contribution is 2.49. The maximum atomic E-state index is 9.97. The molecule has 1 unspecified atom stereocenters. The van der Waals surface area contributed by atoms with E-state index >= 15 is 0 Å². The predicted molar refractivity (Wildman–Crippen MR) is 80.7 cm³/mol. The number of rotatable bonds is 12. The lowest BCUT2D eigenvalue weighted by Gasteiger charge is -2.15. The Balaban J connectivity index is 1.41. The van der Waals surface area contributed by atoms with Crippen LogP contribution in [0.1, 0.15) is 77.0 Å². The molecular formula is C17H32O3. The van der Waals surface area contributed by atoms with Gasteiger partial charge in [-0.05, 0) is 56.8 Å². The van der Waals surface area contributed by atoms with Crippen LogP contribution >= 0.6 is 0 Å². The van der Waals surface area contributed by atoms with E-state index in [9.17, 15) is 10.2 Å². The lowest BCUT2D eigenvalue weighted by Crippen LogP contribution is -2.12. The summed E-state index contributed by atoms with van der Waals surface area (Å²) in [7, 11) is 1.82. The second kappa shape index (κ2) is 7.24. The third kappa shape index (κ3) is 5.01. The smallest absolute Gasteiger partial charge is 0.0681 e. The monoisotopic (exact) mass is 284 g/mol. The normalized spacial score (nSPS) is 23.6. The number of aliphatic hydroxyl groups excluding tert-OH is 2. The average molecular weight is 284 g/mol. The molecule has 118 valence electrons. The topological polar surface area (TPSA) is 49.7 Å². The van der Waals surface area contributed by atoms with Gasteiger partial charge >= 0.3 is 0 Å². The van der Waals surface area contributed by atoms with Crippen LogP contribution in [0, 0.1) is 5.41 Å². The molecule has 2 aliphatic rings. The van der Waals surface area contributed by atoms with Crippen molar-refractivity contribution in [1.82, 2.24) is 0 Å². The molecule has 2 saturated carbocycles. The lowest BCUT2D eigenvalue weighted by atomic mass is 9.97. The van der Waals surface area contributed by atoms with Crippen molar-refractivity contribution in [2.75, 3.05) is 13.7 Å². The molecule has 2 rings (SSSR count). The Labute approximate surface area is 123 Å². The Morgan fingerprint density at radius 3 is 2.00 bits per heavy atom. The van der Waals surface area contributed by atoms with Crippen LogP contribution in [0.4, 0.5) is 0 Å². The Kier molecular flexibility index (Phi) is 5.88. The zero-order valence-electron chi connectivity index (χ0n) is 13.1. The minimum absolute atomic E-state index is 0.128. The third-order valence-electron chi connectivity index (χ3n) is 5.45. The summed E-state index contributed by atoms with van der Waals surface area (Å²) in [5.74, 6) is 0. The van der Waals surface area contributed by atoms with Gasteiger partial charge in [-0.3, -0.25) is 0 Å². The molecule has 3 heteroatoms. The fourth-order valence-corrected chi connectivity index (χ4v) is 3.21. The van der Waals surface area contributed by atoms with E-state index in [2.05, 4.69) is 0 Å². The van der Waals surface area contributed by atoms with Crippen molar-refractivity contribution in [2.45, 2.75) is 88.8 Å². The van der Waals surface area contributed by atoms with Crippen molar-refractivity contribution in [1.29, 1.82) is 0 Å². The molecule has 0 aromatic carbocycles. The van der Waals surface area contributed by atoms with E-state index in [1.165, 1.54) is 32.1 Å². The van der Waals surface area contributed by atoms with Gasteiger partial charge in [0, 0.05) is 13.7 Å². The molecule has 2 aliphatic carbocycles. The van der Waals surface area contributed by atoms with E-state index in [-0.39, 0.29) is 17.1 Å². The van der Waals surface area contributed by atoms with E-state index in [0.29, 0.717) is 6.61 Å². The number of unbranched alkanes of at least 4 members (excludes halogenated alkanes) is 2. The molecule has 0 bridgehead atoms. The van der Waals surface area contributed by atoms with Crippen molar-refractivity contribution in [3.63, 3.8) is 0 Å². The van der Waals surface area contributed by atoms with Gasteiger partial charge in [0.15, 0.2) is 0 Å². The van der Waals surface area contributed by atoms with Gasteiger partial charge in [0.1, 0.15) is 0 Å². The van der Waals surface area contributed by atoms with Gasteiger partial charge in [-0.25, -0.2) is 0 Å². The fourth-order valence-electron chi connectivity index (χ4n) is 3.21. The van der Waals surface area contributed by atoms with E-state index in [4.69, 9.17) is 4.74 Å². The van der Waals surface area contributed by atoms with Crippen LogP contribution in [0.5, 0.6) is 0 Å². The highest BCUT2D eigenvalue weighted by atomic mass is 16.5. The first-order chi connectivity index (χ1) is 9.64. The quantitative estimate of drug-likeness (QED) is 0.540. The second-order valence-electron chi connectivity index (χ2n) is 7.19. The highest BCUT2D eigenvalue weighted by Gasteiger charge is 2.42. The molecule has 1 atom stereocenters. The summed E-state index contributed by atoms with van der Waals surface area (Å²) in [5, 5.41) is 19.2. The summed E-state index contributed by atoms with van der Waals surface area (Å²) in [6, 6.07) is 0. The SMILES string of the molecule is COC1(CCCCC(O)CCCCC2(CO)CC2)CC1. The summed E-state index contributed by atoms with van der Waals surface area (Å²) in [6.45, 7) is 0.358. The molecule has 2 fully saturated rings. The maximum Gasteiger partial charge on any atom is 0.0681 e. The Hall–Kier alpha value is -0.120. The van der Waals surface area contributed by atoms with E-state index in [1.54, 1.807) is 0 Å². The third-order valence-corrected chi connectivity index (χ3v) is 5.45. The van der Waals surface area contributed by atoms with Crippen molar-refractivity contribution in [2.24, 2.45) is 5.41 Å². The van der Waals surface area contributed by atoms with Gasteiger partial charge in [0.25, 0.3) is 0 Å². The van der Waals surface area contributed by atoms with Crippen LogP contribution < -0.4 is 0 Å². The van der Waals surface area contributed by atoms with Crippen molar-refractivity contribution in [3.05, 3.63) is 0 Å². The number of hydrogen-bond donors (Lipinski definition) is 2. The second-order valence-corrected chi connectivity index (χ2v) is 7.19. The first kappa shape index (κ1) is 16.3. The number of ether oxygens (including phenoxy) is 1. The highest BCUT2D eigenvalue weighted by molar-refractivity contribution is 4.95. The largest absolute Gasteiger partial charge is 0.396 e. The standard InChI is InChI=1S/C17H32O3/c1-20-17(12-13-17)9-5-3-7-15(19)6-2-4-8-16(14-18)10-11-16/h15,18-19H,2-14H2,1H3. The van der Waals surface area contributed by atoms with Crippen LogP contribution in [-0.2, 0) is 4.74 Å². The van der Waals surface area contributed by atoms with Crippen molar-refractivity contribution in [3.8, 4) is 0 Å². The zero-order chi connectivity index (χ0) is 14.5. The molecular weight excluding hydrogens is 252 g/mol. The number of hydrogen-bond acceptors (Lipinski definition) is 3. The Bertz CT molecular complexity index is 254. The van der Waals surface area contributed by atoms with Crippen LogP contribution in [-0.4, -0.2) is 35.6 Å². The lowest BCUT2D eigenvalue weighted by molar-refractivity contribution is 0.0684. The van der Waals surface area contributed by atoms with Gasteiger partial charge in [0.2, 0.25) is 0 Å². The van der Waals surface area contributed by atoms with Gasteiger partial charge in [0.05, 0.1) is 11.7 Å². The summed E-state index contributed by atoms with van der Waals surface area (Å²) in [5.41, 5.74) is 0.498. The predicted octanol–water partition coefficient (Wildman–Crippen LogP) is 3.42. The van der Waals surface area contributed by atoms with Gasteiger partial charge in [-0.15, -0.1) is 0 Å². The molecule has 2 N–H and O–H groups in total. The number of methoxy groups -OCH3 is 1. The molecule has 0 radical (unpaired) electrons. The van der Waals surface area contributed by atoms with Gasteiger partial charge < -0.3 is 14.9 Å².